The van der Waals surface area contributed by atoms with E-state index in [-0.39, 0.29) is 6.10 Å². The zero-order valence-corrected chi connectivity index (χ0v) is 20.3. The molecule has 0 bridgehead atoms. The van der Waals surface area contributed by atoms with Crippen molar-refractivity contribution < 1.29 is 5.11 Å². The summed E-state index contributed by atoms with van der Waals surface area (Å²) in [5.41, 5.74) is 5.55. The van der Waals surface area contributed by atoms with Gasteiger partial charge in [0, 0.05) is 0 Å². The molecule has 0 aromatic carbocycles. The lowest BCUT2D eigenvalue weighted by Gasteiger charge is -2.58. The summed E-state index contributed by atoms with van der Waals surface area (Å²) in [4.78, 5) is 0. The summed E-state index contributed by atoms with van der Waals surface area (Å²) in [6.45, 7) is 16.7. The number of allylic oxidation sites excluding steroid dienone is 4. The first-order valence-electron chi connectivity index (χ1n) is 12.9. The van der Waals surface area contributed by atoms with E-state index in [1.165, 1.54) is 56.9 Å². The number of aliphatic hydroxyl groups is 1. The highest BCUT2D eigenvalue weighted by molar-refractivity contribution is 5.26. The van der Waals surface area contributed by atoms with E-state index in [0.717, 1.165) is 36.5 Å². The molecular weight excluding hydrogens is 364 g/mol. The van der Waals surface area contributed by atoms with E-state index < -0.39 is 0 Å². The van der Waals surface area contributed by atoms with Gasteiger partial charge in [0.25, 0.3) is 0 Å². The molecule has 0 radical (unpaired) electrons. The van der Waals surface area contributed by atoms with Gasteiger partial charge in [0.05, 0.1) is 6.10 Å². The monoisotopic (exact) mass is 410 g/mol. The zero-order chi connectivity index (χ0) is 21.7. The molecule has 0 heterocycles. The molecule has 0 saturated heterocycles. The Labute approximate surface area is 186 Å². The molecule has 1 nitrogen and oxygen atoms in total. The quantitative estimate of drug-likeness (QED) is 0.457. The normalized spacial score (nSPS) is 43.6. The molecule has 4 unspecified atom stereocenters. The van der Waals surface area contributed by atoms with Gasteiger partial charge in [0.1, 0.15) is 0 Å². The highest BCUT2D eigenvalue weighted by Crippen LogP contribution is 2.67. The molecular formula is C29H46O. The topological polar surface area (TPSA) is 20.2 Å². The highest BCUT2D eigenvalue weighted by atomic mass is 16.3. The van der Waals surface area contributed by atoms with Crippen LogP contribution in [0.15, 0.2) is 35.5 Å². The molecule has 4 aliphatic carbocycles. The number of aliphatic hydroxyl groups excluding tert-OH is 1. The fraction of sp³-hybridized carbons (Fsp3) is 0.793. The molecule has 0 spiro atoms. The van der Waals surface area contributed by atoms with Crippen LogP contribution in [-0.4, -0.2) is 11.2 Å². The molecule has 168 valence electrons. The average molecular weight is 411 g/mol. The van der Waals surface area contributed by atoms with Gasteiger partial charge in [-0.3, -0.25) is 0 Å². The van der Waals surface area contributed by atoms with Gasteiger partial charge in [-0.15, -0.1) is 0 Å². The van der Waals surface area contributed by atoms with Gasteiger partial charge in [0.15, 0.2) is 0 Å². The van der Waals surface area contributed by atoms with Crippen LogP contribution in [-0.2, 0) is 0 Å². The van der Waals surface area contributed by atoms with Gasteiger partial charge in [-0.2, -0.15) is 0 Å². The van der Waals surface area contributed by atoms with E-state index in [1.807, 2.05) is 0 Å². The maximum absolute atomic E-state index is 10.2. The summed E-state index contributed by atoms with van der Waals surface area (Å²) < 4.78 is 0. The molecule has 4 aliphatic rings. The summed E-state index contributed by atoms with van der Waals surface area (Å²) in [5, 5.41) is 10.2. The second-order valence-electron chi connectivity index (χ2n) is 12.0. The van der Waals surface area contributed by atoms with Gasteiger partial charge in [0.2, 0.25) is 0 Å². The van der Waals surface area contributed by atoms with Crippen LogP contribution in [0.5, 0.6) is 0 Å². The van der Waals surface area contributed by atoms with E-state index in [9.17, 15) is 5.11 Å². The molecule has 1 N–H and O–H groups in total. The van der Waals surface area contributed by atoms with Crippen LogP contribution in [0.25, 0.3) is 0 Å². The van der Waals surface area contributed by atoms with Crippen LogP contribution in [0, 0.1) is 40.4 Å². The zero-order valence-electron chi connectivity index (χ0n) is 20.3. The first-order valence-corrected chi connectivity index (χ1v) is 12.9. The van der Waals surface area contributed by atoms with Gasteiger partial charge >= 0.3 is 0 Å². The van der Waals surface area contributed by atoms with Crippen molar-refractivity contribution in [2.24, 2.45) is 40.4 Å². The van der Waals surface area contributed by atoms with Gasteiger partial charge in [-0.25, -0.2) is 0 Å². The fourth-order valence-electron chi connectivity index (χ4n) is 8.56. The number of rotatable bonds is 5. The Morgan fingerprint density at radius 1 is 1.13 bits per heavy atom. The third kappa shape index (κ3) is 3.58. The van der Waals surface area contributed by atoms with Crippen LogP contribution in [0.3, 0.4) is 0 Å². The van der Waals surface area contributed by atoms with Crippen LogP contribution in [0.1, 0.15) is 98.8 Å². The predicted molar refractivity (Wildman–Crippen MR) is 128 cm³/mol. The van der Waals surface area contributed by atoms with Crippen molar-refractivity contribution in [1.82, 2.24) is 0 Å². The highest BCUT2D eigenvalue weighted by Gasteiger charge is 2.58. The summed E-state index contributed by atoms with van der Waals surface area (Å²) in [6.07, 6.45) is 17.1. The first kappa shape index (κ1) is 22.4. The third-order valence-electron chi connectivity index (χ3n) is 10.4. The van der Waals surface area contributed by atoms with Crippen molar-refractivity contribution >= 4 is 0 Å². The number of hydrogen-bond acceptors (Lipinski definition) is 1. The Morgan fingerprint density at radius 2 is 1.90 bits per heavy atom. The van der Waals surface area contributed by atoms with Crippen molar-refractivity contribution in [2.45, 2.75) is 105 Å². The van der Waals surface area contributed by atoms with E-state index in [1.54, 1.807) is 11.1 Å². The van der Waals surface area contributed by atoms with E-state index >= 15 is 0 Å². The lowest BCUT2D eigenvalue weighted by atomic mass is 9.47. The van der Waals surface area contributed by atoms with Gasteiger partial charge < -0.3 is 5.11 Å². The molecule has 4 rings (SSSR count). The number of hydrogen-bond donors (Lipinski definition) is 1. The molecule has 0 amide bonds. The lowest BCUT2D eigenvalue weighted by molar-refractivity contribution is -0.0456. The van der Waals surface area contributed by atoms with Crippen LogP contribution in [0.2, 0.25) is 0 Å². The molecule has 1 heteroatoms. The van der Waals surface area contributed by atoms with Crippen molar-refractivity contribution in [2.75, 3.05) is 0 Å². The Hall–Kier alpha value is -0.820. The van der Waals surface area contributed by atoms with Crippen molar-refractivity contribution in [3.8, 4) is 0 Å². The molecule has 3 saturated carbocycles. The van der Waals surface area contributed by atoms with Gasteiger partial charge in [-0.05, 0) is 112 Å². The maximum Gasteiger partial charge on any atom is 0.0577 e. The SMILES string of the molecule is C=C(CC/C(=C/C)C(C)C)C1CCC2C3CC=C4C[C@@H](O)CC[C@]4(C)C3CC[C@]12C. The van der Waals surface area contributed by atoms with E-state index in [0.29, 0.717) is 16.7 Å². The molecule has 7 atom stereocenters. The average Bonchev–Trinajstić information content (AvgIpc) is 3.06. The summed E-state index contributed by atoms with van der Waals surface area (Å²) in [6, 6.07) is 0. The molecule has 0 aromatic heterocycles. The van der Waals surface area contributed by atoms with Crippen molar-refractivity contribution in [1.29, 1.82) is 0 Å². The molecule has 0 aliphatic heterocycles. The Kier molecular flexibility index (Phi) is 6.17. The Morgan fingerprint density at radius 3 is 2.60 bits per heavy atom. The maximum atomic E-state index is 10.2. The second kappa shape index (κ2) is 8.27. The van der Waals surface area contributed by atoms with Crippen molar-refractivity contribution in [3.05, 3.63) is 35.5 Å². The summed E-state index contributed by atoms with van der Waals surface area (Å²) in [5.74, 6) is 3.94. The van der Waals surface area contributed by atoms with E-state index in [2.05, 4.69) is 53.3 Å². The van der Waals surface area contributed by atoms with Crippen LogP contribution < -0.4 is 0 Å². The minimum absolute atomic E-state index is 0.0955. The number of fused-ring (bicyclic) bond motifs is 5. The fourth-order valence-corrected chi connectivity index (χ4v) is 8.56. The van der Waals surface area contributed by atoms with E-state index in [4.69, 9.17) is 0 Å². The second-order valence-corrected chi connectivity index (χ2v) is 12.0. The Bertz CT molecular complexity index is 727. The van der Waals surface area contributed by atoms with Crippen LogP contribution >= 0.6 is 0 Å². The lowest BCUT2D eigenvalue weighted by Crippen LogP contribution is -2.50. The molecule has 30 heavy (non-hydrogen) atoms. The summed E-state index contributed by atoms with van der Waals surface area (Å²) in [7, 11) is 0. The standard InChI is InChI=1S/C29H46O/c1-7-21(19(2)3)9-8-20(4)25-12-13-26-24-11-10-22-18-23(30)14-16-28(22,5)27(24)15-17-29(25,26)6/h7,10,19,23-27,30H,4,8-9,11-18H2,1-3,5-6H3/b21-7-/t23-,24?,25?,26?,27?,28-,29+/m0/s1. The van der Waals surface area contributed by atoms with Crippen molar-refractivity contribution in [3.63, 3.8) is 0 Å². The smallest absolute Gasteiger partial charge is 0.0577 e. The molecule has 0 aromatic rings. The van der Waals surface area contributed by atoms with Gasteiger partial charge in [-0.1, -0.05) is 63.1 Å². The minimum Gasteiger partial charge on any atom is -0.393 e. The first-order chi connectivity index (χ1) is 14.2. The third-order valence-corrected chi connectivity index (χ3v) is 10.4. The minimum atomic E-state index is -0.0955. The van der Waals surface area contributed by atoms with Crippen LogP contribution in [0.4, 0.5) is 0 Å². The Balaban J connectivity index is 1.49. The predicted octanol–water partition coefficient (Wildman–Crippen LogP) is 7.87. The largest absolute Gasteiger partial charge is 0.393 e. The molecule has 3 fully saturated rings. The summed E-state index contributed by atoms with van der Waals surface area (Å²) >= 11 is 0.